The molecular weight excluding hydrogens is 232 g/mol. The van der Waals surface area contributed by atoms with Crippen molar-refractivity contribution in [1.29, 1.82) is 0 Å². The van der Waals surface area contributed by atoms with Crippen LogP contribution in [0.25, 0.3) is 0 Å². The highest BCUT2D eigenvalue weighted by molar-refractivity contribution is 7.80. The summed E-state index contributed by atoms with van der Waals surface area (Å²) in [7, 11) is 0. The van der Waals surface area contributed by atoms with E-state index in [1.165, 1.54) is 6.42 Å². The third-order valence-corrected chi connectivity index (χ3v) is 4.30. The van der Waals surface area contributed by atoms with Crippen LogP contribution in [0.3, 0.4) is 0 Å². The highest BCUT2D eigenvalue weighted by Gasteiger charge is 2.28. The zero-order valence-electron chi connectivity index (χ0n) is 11.0. The van der Waals surface area contributed by atoms with Gasteiger partial charge in [0.15, 0.2) is 0 Å². The Morgan fingerprint density at radius 3 is 2.53 bits per heavy atom. The molecule has 4 unspecified atom stereocenters. The lowest BCUT2D eigenvalue weighted by Crippen LogP contribution is -2.45. The fourth-order valence-corrected chi connectivity index (χ4v) is 2.77. The fraction of sp³-hybridized carbons (Fsp3) is 0.846. The maximum Gasteiger partial charge on any atom is 0.230 e. The van der Waals surface area contributed by atoms with Gasteiger partial charge in [-0.25, -0.2) is 0 Å². The van der Waals surface area contributed by atoms with Crippen LogP contribution in [0, 0.1) is 17.8 Å². The standard InChI is InChI=1S/C13H24N2OS/c1-4-11(12(14)17)13(16)15-10-6-5-8(2)9(3)7-10/h8-11H,4-7H2,1-3H3,(H2,14,17)(H,15,16). The van der Waals surface area contributed by atoms with Gasteiger partial charge in [-0.3, -0.25) is 4.79 Å². The molecule has 0 bridgehead atoms. The normalized spacial score (nSPS) is 30.6. The number of hydrogen-bond donors (Lipinski definition) is 2. The molecule has 3 nitrogen and oxygen atoms in total. The third-order valence-electron chi connectivity index (χ3n) is 4.01. The van der Waals surface area contributed by atoms with Gasteiger partial charge in [0, 0.05) is 6.04 Å². The van der Waals surface area contributed by atoms with Crippen LogP contribution in [0.2, 0.25) is 0 Å². The van der Waals surface area contributed by atoms with Crippen molar-refractivity contribution in [3.63, 3.8) is 0 Å². The average molecular weight is 256 g/mol. The molecule has 1 aliphatic carbocycles. The van der Waals surface area contributed by atoms with Crippen molar-refractivity contribution in [2.45, 2.75) is 52.5 Å². The van der Waals surface area contributed by atoms with Crippen LogP contribution in [-0.4, -0.2) is 16.9 Å². The summed E-state index contributed by atoms with van der Waals surface area (Å²) in [6, 6.07) is 0.303. The van der Waals surface area contributed by atoms with Crippen LogP contribution in [0.1, 0.15) is 46.5 Å². The van der Waals surface area contributed by atoms with Crippen molar-refractivity contribution in [1.82, 2.24) is 5.32 Å². The molecule has 0 saturated heterocycles. The lowest BCUT2D eigenvalue weighted by molar-refractivity contribution is -0.124. The van der Waals surface area contributed by atoms with E-state index in [0.717, 1.165) is 18.8 Å². The Labute approximate surface area is 110 Å². The first-order chi connectivity index (χ1) is 7.95. The summed E-state index contributed by atoms with van der Waals surface area (Å²) in [5.74, 6) is 1.14. The van der Waals surface area contributed by atoms with E-state index in [1.54, 1.807) is 0 Å². The predicted octanol–water partition coefficient (Wildman–Crippen LogP) is 2.24. The van der Waals surface area contributed by atoms with E-state index in [9.17, 15) is 4.79 Å². The molecule has 1 rings (SSSR count). The largest absolute Gasteiger partial charge is 0.393 e. The summed E-state index contributed by atoms with van der Waals surface area (Å²) >= 11 is 4.92. The molecule has 3 N–H and O–H groups in total. The highest BCUT2D eigenvalue weighted by atomic mass is 32.1. The fourth-order valence-electron chi connectivity index (χ4n) is 2.50. The quantitative estimate of drug-likeness (QED) is 0.759. The van der Waals surface area contributed by atoms with Gasteiger partial charge in [0.05, 0.1) is 10.9 Å². The van der Waals surface area contributed by atoms with Crippen LogP contribution in [0.4, 0.5) is 0 Å². The molecular formula is C13H24N2OS. The van der Waals surface area contributed by atoms with Crippen molar-refractivity contribution >= 4 is 23.1 Å². The minimum atomic E-state index is -0.306. The second-order valence-electron chi connectivity index (χ2n) is 5.34. The lowest BCUT2D eigenvalue weighted by atomic mass is 9.79. The van der Waals surface area contributed by atoms with E-state index in [0.29, 0.717) is 23.4 Å². The number of thiocarbonyl (C=S) groups is 1. The molecule has 4 atom stereocenters. The first-order valence-corrected chi connectivity index (χ1v) is 6.96. The Hall–Kier alpha value is -0.640. The van der Waals surface area contributed by atoms with Gasteiger partial charge in [-0.05, 0) is 37.5 Å². The van der Waals surface area contributed by atoms with Gasteiger partial charge < -0.3 is 11.1 Å². The molecule has 0 aromatic heterocycles. The van der Waals surface area contributed by atoms with E-state index in [-0.39, 0.29) is 11.8 Å². The van der Waals surface area contributed by atoms with Gasteiger partial charge >= 0.3 is 0 Å². The van der Waals surface area contributed by atoms with Gasteiger partial charge in [-0.2, -0.15) is 0 Å². The van der Waals surface area contributed by atoms with Crippen LogP contribution >= 0.6 is 12.2 Å². The van der Waals surface area contributed by atoms with Gasteiger partial charge in [-0.15, -0.1) is 0 Å². The van der Waals surface area contributed by atoms with Gasteiger partial charge in [0.2, 0.25) is 5.91 Å². The lowest BCUT2D eigenvalue weighted by Gasteiger charge is -2.33. The minimum absolute atomic E-state index is 0.00625. The number of nitrogens with two attached hydrogens (primary N) is 1. The summed E-state index contributed by atoms with van der Waals surface area (Å²) in [6.45, 7) is 6.48. The molecule has 1 aliphatic rings. The topological polar surface area (TPSA) is 55.1 Å². The molecule has 0 heterocycles. The summed E-state index contributed by atoms with van der Waals surface area (Å²) in [5.41, 5.74) is 5.57. The smallest absolute Gasteiger partial charge is 0.230 e. The van der Waals surface area contributed by atoms with E-state index in [2.05, 4.69) is 19.2 Å². The molecule has 1 saturated carbocycles. The number of nitrogens with one attached hydrogen (secondary N) is 1. The number of amides is 1. The van der Waals surface area contributed by atoms with Crippen LogP contribution in [0.15, 0.2) is 0 Å². The van der Waals surface area contributed by atoms with E-state index >= 15 is 0 Å². The van der Waals surface area contributed by atoms with Gasteiger partial charge in [-0.1, -0.05) is 33.0 Å². The van der Waals surface area contributed by atoms with Crippen molar-refractivity contribution in [2.24, 2.45) is 23.5 Å². The second-order valence-corrected chi connectivity index (χ2v) is 5.81. The Kier molecular flexibility index (Phi) is 5.37. The molecule has 98 valence electrons. The van der Waals surface area contributed by atoms with Gasteiger partial charge in [0.25, 0.3) is 0 Å². The molecule has 0 aromatic rings. The molecule has 0 aliphatic heterocycles. The van der Waals surface area contributed by atoms with Crippen molar-refractivity contribution in [2.75, 3.05) is 0 Å². The Morgan fingerprint density at radius 2 is 2.06 bits per heavy atom. The van der Waals surface area contributed by atoms with Crippen molar-refractivity contribution in [3.8, 4) is 0 Å². The minimum Gasteiger partial charge on any atom is -0.393 e. The van der Waals surface area contributed by atoms with E-state index < -0.39 is 0 Å². The monoisotopic (exact) mass is 256 g/mol. The molecule has 4 heteroatoms. The van der Waals surface area contributed by atoms with Crippen LogP contribution in [-0.2, 0) is 4.79 Å². The molecule has 0 spiro atoms. The van der Waals surface area contributed by atoms with Gasteiger partial charge in [0.1, 0.15) is 0 Å². The third kappa shape index (κ3) is 3.95. The molecule has 1 fully saturated rings. The first kappa shape index (κ1) is 14.4. The summed E-state index contributed by atoms with van der Waals surface area (Å²) in [6.07, 6.45) is 4.02. The summed E-state index contributed by atoms with van der Waals surface area (Å²) < 4.78 is 0. The number of carbonyl (C=O) groups excluding carboxylic acids is 1. The number of hydrogen-bond acceptors (Lipinski definition) is 2. The molecule has 1 amide bonds. The maximum atomic E-state index is 12.0. The van der Waals surface area contributed by atoms with Crippen molar-refractivity contribution in [3.05, 3.63) is 0 Å². The zero-order chi connectivity index (χ0) is 13.0. The van der Waals surface area contributed by atoms with E-state index in [4.69, 9.17) is 18.0 Å². The second kappa shape index (κ2) is 6.34. The number of rotatable bonds is 4. The Morgan fingerprint density at radius 1 is 1.41 bits per heavy atom. The summed E-state index contributed by atoms with van der Waals surface area (Å²) in [4.78, 5) is 12.3. The number of carbonyl (C=O) groups is 1. The molecule has 0 radical (unpaired) electrons. The maximum absolute atomic E-state index is 12.0. The average Bonchev–Trinajstić information content (AvgIpc) is 2.24. The van der Waals surface area contributed by atoms with Crippen LogP contribution in [0.5, 0.6) is 0 Å². The molecule has 0 aromatic carbocycles. The van der Waals surface area contributed by atoms with Crippen LogP contribution < -0.4 is 11.1 Å². The first-order valence-electron chi connectivity index (χ1n) is 6.55. The zero-order valence-corrected chi connectivity index (χ0v) is 11.8. The molecule has 17 heavy (non-hydrogen) atoms. The Balaban J connectivity index is 2.49. The Bertz CT molecular complexity index is 293. The predicted molar refractivity (Wildman–Crippen MR) is 74.7 cm³/mol. The van der Waals surface area contributed by atoms with Crippen molar-refractivity contribution < 1.29 is 4.79 Å². The highest BCUT2D eigenvalue weighted by Crippen LogP contribution is 2.29. The summed E-state index contributed by atoms with van der Waals surface area (Å²) in [5, 5.41) is 3.10. The van der Waals surface area contributed by atoms with E-state index in [1.807, 2.05) is 6.92 Å². The SMILES string of the molecule is CCC(C(=O)NC1CCC(C)C(C)C1)C(N)=S.